The molecule has 7 heteroatoms. The van der Waals surface area contributed by atoms with Crippen molar-refractivity contribution >= 4 is 5.97 Å². The summed E-state index contributed by atoms with van der Waals surface area (Å²) in [5.74, 6) is -1.30. The quantitative estimate of drug-likeness (QED) is 0.337. The molecule has 1 unspecified atom stereocenters. The van der Waals surface area contributed by atoms with Gasteiger partial charge in [-0.25, -0.2) is 4.79 Å². The SMILES string of the molecule is Cc1cc2c(cc1C(OCc1ccc(C(=O)O)cc1)c1ccc(OC(F)(F)F)cc1)C(C)(C)CCC2(C)C. The number of fused-ring (bicyclic) bond motifs is 1. The van der Waals surface area contributed by atoms with Crippen molar-refractivity contribution in [3.05, 3.63) is 99.6 Å². The Bertz CT molecular complexity index is 1310. The van der Waals surface area contributed by atoms with Crippen LogP contribution in [0.15, 0.2) is 60.7 Å². The molecule has 4 rings (SSSR count). The van der Waals surface area contributed by atoms with Crippen molar-refractivity contribution < 1.29 is 32.5 Å². The van der Waals surface area contributed by atoms with Gasteiger partial charge in [-0.2, -0.15) is 0 Å². The standard InChI is InChI=1S/C31H33F3O4/c1-19-16-25-26(30(4,5)15-14-29(25,2)3)17-24(19)27(21-10-12-23(13-11-21)38-31(32,33)34)37-18-20-6-8-22(9-7-20)28(35)36/h6-13,16-17,27H,14-15,18H2,1-5H3,(H,35,36). The van der Waals surface area contributed by atoms with Crippen LogP contribution in [0.25, 0.3) is 0 Å². The van der Waals surface area contributed by atoms with E-state index in [0.29, 0.717) is 5.56 Å². The smallest absolute Gasteiger partial charge is 0.478 e. The predicted octanol–water partition coefficient (Wildman–Crippen LogP) is 8.25. The molecule has 0 saturated heterocycles. The molecular weight excluding hydrogens is 493 g/mol. The van der Waals surface area contributed by atoms with Gasteiger partial charge < -0.3 is 14.6 Å². The van der Waals surface area contributed by atoms with E-state index in [1.165, 1.54) is 35.4 Å². The molecule has 0 saturated carbocycles. The first kappa shape index (κ1) is 27.7. The van der Waals surface area contributed by atoms with Crippen LogP contribution in [0.5, 0.6) is 5.75 Å². The molecule has 3 aromatic carbocycles. The van der Waals surface area contributed by atoms with Crippen molar-refractivity contribution in [2.24, 2.45) is 0 Å². The molecule has 202 valence electrons. The minimum atomic E-state index is -4.77. The molecule has 38 heavy (non-hydrogen) atoms. The summed E-state index contributed by atoms with van der Waals surface area (Å²) in [5, 5.41) is 9.18. The van der Waals surface area contributed by atoms with E-state index in [1.807, 2.05) is 6.92 Å². The third kappa shape index (κ3) is 6.04. The van der Waals surface area contributed by atoms with E-state index < -0.39 is 18.4 Å². The van der Waals surface area contributed by atoms with E-state index in [0.717, 1.165) is 29.5 Å². The van der Waals surface area contributed by atoms with Gasteiger partial charge in [0.1, 0.15) is 11.9 Å². The number of carboxylic acids is 1. The second kappa shape index (κ2) is 10.1. The lowest BCUT2D eigenvalue weighted by Crippen LogP contribution is -2.34. The Morgan fingerprint density at radius 1 is 0.921 bits per heavy atom. The molecule has 0 aromatic heterocycles. The molecule has 0 fully saturated rings. The molecule has 0 heterocycles. The summed E-state index contributed by atoms with van der Waals surface area (Å²) >= 11 is 0. The largest absolute Gasteiger partial charge is 0.573 e. The fourth-order valence-corrected chi connectivity index (χ4v) is 5.15. The van der Waals surface area contributed by atoms with Crippen LogP contribution in [0, 0.1) is 6.92 Å². The van der Waals surface area contributed by atoms with Crippen LogP contribution < -0.4 is 4.74 Å². The van der Waals surface area contributed by atoms with E-state index in [1.54, 1.807) is 24.3 Å². The fourth-order valence-electron chi connectivity index (χ4n) is 5.15. The molecule has 0 spiro atoms. The number of carbonyl (C=O) groups is 1. The summed E-state index contributed by atoms with van der Waals surface area (Å²) in [5.41, 5.74) is 6.21. The van der Waals surface area contributed by atoms with Gasteiger partial charge in [-0.1, -0.05) is 64.1 Å². The minimum absolute atomic E-state index is 0.0328. The number of aryl methyl sites for hydroxylation is 1. The molecule has 0 bridgehead atoms. The molecular formula is C31H33F3O4. The van der Waals surface area contributed by atoms with Crippen LogP contribution >= 0.6 is 0 Å². The molecule has 1 aliphatic carbocycles. The number of hydrogen-bond acceptors (Lipinski definition) is 3. The number of benzene rings is 3. The molecule has 1 atom stereocenters. The highest BCUT2D eigenvalue weighted by Gasteiger charge is 2.38. The van der Waals surface area contributed by atoms with Gasteiger partial charge in [0.2, 0.25) is 0 Å². The van der Waals surface area contributed by atoms with Gasteiger partial charge >= 0.3 is 12.3 Å². The number of aromatic carboxylic acids is 1. The maximum Gasteiger partial charge on any atom is 0.573 e. The first-order valence-corrected chi connectivity index (χ1v) is 12.6. The van der Waals surface area contributed by atoms with Gasteiger partial charge in [-0.3, -0.25) is 0 Å². The average molecular weight is 527 g/mol. The van der Waals surface area contributed by atoms with Gasteiger partial charge in [0.05, 0.1) is 12.2 Å². The summed E-state index contributed by atoms with van der Waals surface area (Å²) < 4.78 is 48.6. The van der Waals surface area contributed by atoms with Crippen LogP contribution in [0.3, 0.4) is 0 Å². The highest BCUT2D eigenvalue weighted by Crippen LogP contribution is 2.47. The van der Waals surface area contributed by atoms with Crippen LogP contribution in [0.1, 0.15) is 90.4 Å². The number of rotatable bonds is 7. The second-order valence-corrected chi connectivity index (χ2v) is 11.3. The van der Waals surface area contributed by atoms with Crippen molar-refractivity contribution in [3.63, 3.8) is 0 Å². The van der Waals surface area contributed by atoms with Crippen LogP contribution in [-0.2, 0) is 22.2 Å². The lowest BCUT2D eigenvalue weighted by Gasteiger charge is -2.42. The van der Waals surface area contributed by atoms with Crippen molar-refractivity contribution in [1.29, 1.82) is 0 Å². The van der Waals surface area contributed by atoms with Crippen molar-refractivity contribution in [2.45, 2.75) is 77.4 Å². The molecule has 0 radical (unpaired) electrons. The topological polar surface area (TPSA) is 55.8 Å². The van der Waals surface area contributed by atoms with Gasteiger partial charge in [0.25, 0.3) is 0 Å². The second-order valence-electron chi connectivity index (χ2n) is 11.3. The summed E-state index contributed by atoms with van der Waals surface area (Å²) in [6.45, 7) is 11.2. The Kier molecular flexibility index (Phi) is 7.36. The third-order valence-corrected chi connectivity index (χ3v) is 7.56. The monoisotopic (exact) mass is 526 g/mol. The van der Waals surface area contributed by atoms with Gasteiger partial charge in [-0.05, 0) is 88.2 Å². The number of alkyl halides is 3. The number of halogens is 3. The fraction of sp³-hybridized carbons (Fsp3) is 0.387. The Hall–Kier alpha value is -3.32. The molecule has 4 nitrogen and oxygen atoms in total. The normalized spacial score (nSPS) is 16.9. The maximum absolute atomic E-state index is 12.7. The van der Waals surface area contributed by atoms with E-state index in [4.69, 9.17) is 4.74 Å². The Labute approximate surface area is 221 Å². The molecule has 1 N–H and O–H groups in total. The number of hydrogen-bond donors (Lipinski definition) is 1. The highest BCUT2D eigenvalue weighted by molar-refractivity contribution is 5.87. The highest BCUT2D eigenvalue weighted by atomic mass is 19.4. The minimum Gasteiger partial charge on any atom is -0.478 e. The number of ether oxygens (including phenoxy) is 2. The zero-order valence-corrected chi connectivity index (χ0v) is 22.3. The zero-order chi connectivity index (χ0) is 27.9. The Morgan fingerprint density at radius 2 is 1.47 bits per heavy atom. The van der Waals surface area contributed by atoms with Crippen LogP contribution in [-0.4, -0.2) is 17.4 Å². The summed E-state index contributed by atoms with van der Waals surface area (Å²) in [4.78, 5) is 11.2. The first-order valence-electron chi connectivity index (χ1n) is 12.6. The van der Waals surface area contributed by atoms with Crippen LogP contribution in [0.2, 0.25) is 0 Å². The first-order chi connectivity index (χ1) is 17.7. The van der Waals surface area contributed by atoms with E-state index in [-0.39, 0.29) is 28.7 Å². The number of carboxylic acid groups (broad SMARTS) is 1. The van der Waals surface area contributed by atoms with Gasteiger partial charge in [0.15, 0.2) is 0 Å². The Balaban J connectivity index is 1.74. The van der Waals surface area contributed by atoms with Crippen molar-refractivity contribution in [2.75, 3.05) is 0 Å². The molecule has 3 aromatic rings. The lowest BCUT2D eigenvalue weighted by molar-refractivity contribution is -0.274. The maximum atomic E-state index is 12.7. The van der Waals surface area contributed by atoms with E-state index in [9.17, 15) is 23.1 Å². The average Bonchev–Trinajstić information content (AvgIpc) is 2.83. The van der Waals surface area contributed by atoms with Gasteiger partial charge in [-0.15, -0.1) is 13.2 Å². The zero-order valence-electron chi connectivity index (χ0n) is 22.3. The summed E-state index contributed by atoms with van der Waals surface area (Å²) in [6.07, 6.45) is -3.20. The van der Waals surface area contributed by atoms with Gasteiger partial charge in [0, 0.05) is 0 Å². The molecule has 0 aliphatic heterocycles. The lowest BCUT2D eigenvalue weighted by atomic mass is 9.62. The third-order valence-electron chi connectivity index (χ3n) is 7.56. The van der Waals surface area contributed by atoms with E-state index >= 15 is 0 Å². The van der Waals surface area contributed by atoms with E-state index in [2.05, 4.69) is 44.6 Å². The Morgan fingerprint density at radius 3 is 2.00 bits per heavy atom. The molecule has 0 amide bonds. The molecule has 1 aliphatic rings. The van der Waals surface area contributed by atoms with Crippen molar-refractivity contribution in [3.8, 4) is 5.75 Å². The summed E-state index contributed by atoms with van der Waals surface area (Å²) in [6, 6.07) is 16.6. The predicted molar refractivity (Wildman–Crippen MR) is 140 cm³/mol. The van der Waals surface area contributed by atoms with Crippen LogP contribution in [0.4, 0.5) is 13.2 Å². The summed E-state index contributed by atoms with van der Waals surface area (Å²) in [7, 11) is 0. The van der Waals surface area contributed by atoms with Crippen molar-refractivity contribution in [1.82, 2.24) is 0 Å².